The van der Waals surface area contributed by atoms with Gasteiger partial charge in [-0.25, -0.2) is 0 Å². The van der Waals surface area contributed by atoms with E-state index in [0.29, 0.717) is 17.7 Å². The summed E-state index contributed by atoms with van der Waals surface area (Å²) in [6, 6.07) is 4.49. The maximum atomic E-state index is 11.8. The lowest BCUT2D eigenvalue weighted by molar-refractivity contribution is -0.128. The number of likely N-dealkylation sites (N-methyl/N-ethyl adjacent to an activating group) is 1. The van der Waals surface area contributed by atoms with Gasteiger partial charge in [0.25, 0.3) is 5.91 Å². The lowest BCUT2D eigenvalue weighted by Crippen LogP contribution is -2.38. The van der Waals surface area contributed by atoms with Crippen molar-refractivity contribution < 1.29 is 14.7 Å². The molecule has 0 atom stereocenters. The van der Waals surface area contributed by atoms with Crippen molar-refractivity contribution in [2.45, 2.75) is 13.8 Å². The van der Waals surface area contributed by atoms with Crippen molar-refractivity contribution in [1.29, 1.82) is 0 Å². The number of nitrogens with one attached hydrogen (secondary N) is 1. The second-order valence-electron chi connectivity index (χ2n) is 4.09. The van der Waals surface area contributed by atoms with Gasteiger partial charge in [0.2, 0.25) is 5.91 Å². The van der Waals surface area contributed by atoms with Gasteiger partial charge in [0, 0.05) is 19.2 Å². The summed E-state index contributed by atoms with van der Waals surface area (Å²) in [4.78, 5) is 24.9. The van der Waals surface area contributed by atoms with E-state index >= 15 is 0 Å². The van der Waals surface area contributed by atoms with Gasteiger partial charge in [-0.2, -0.15) is 0 Å². The average molecular weight is 250 g/mol. The first-order valence-electron chi connectivity index (χ1n) is 5.77. The van der Waals surface area contributed by atoms with E-state index in [1.807, 2.05) is 6.92 Å². The molecule has 0 unspecified atom stereocenters. The second kappa shape index (κ2) is 6.05. The minimum absolute atomic E-state index is 0.0243. The van der Waals surface area contributed by atoms with Crippen LogP contribution in [0.2, 0.25) is 0 Å². The van der Waals surface area contributed by atoms with Gasteiger partial charge in [-0.05, 0) is 37.6 Å². The zero-order valence-corrected chi connectivity index (χ0v) is 10.9. The van der Waals surface area contributed by atoms with Crippen LogP contribution in [0.3, 0.4) is 0 Å². The Morgan fingerprint density at radius 3 is 2.61 bits per heavy atom. The van der Waals surface area contributed by atoms with Crippen molar-refractivity contribution >= 4 is 11.8 Å². The first kappa shape index (κ1) is 14.0. The predicted octanol–water partition coefficient (Wildman–Crippen LogP) is 0.909. The molecule has 0 radical (unpaired) electrons. The highest BCUT2D eigenvalue weighted by atomic mass is 16.3. The molecule has 0 aliphatic carbocycles. The fraction of sp³-hybridized carbons (Fsp3) is 0.385. The minimum atomic E-state index is -0.314. The Balaban J connectivity index is 2.63. The van der Waals surface area contributed by atoms with Crippen molar-refractivity contribution in [2.75, 3.05) is 20.1 Å². The highest BCUT2D eigenvalue weighted by Crippen LogP contribution is 2.15. The van der Waals surface area contributed by atoms with Gasteiger partial charge in [-0.3, -0.25) is 9.59 Å². The number of amides is 2. The van der Waals surface area contributed by atoms with Crippen molar-refractivity contribution in [2.24, 2.45) is 0 Å². The molecule has 1 aromatic carbocycles. The van der Waals surface area contributed by atoms with Crippen LogP contribution in [0.1, 0.15) is 22.8 Å². The Kier molecular flexibility index (Phi) is 4.71. The SMILES string of the molecule is CCN(C)C(=O)CNC(=O)c1ccc(O)cc1C. The Morgan fingerprint density at radius 2 is 2.06 bits per heavy atom. The van der Waals surface area contributed by atoms with E-state index in [-0.39, 0.29) is 24.1 Å². The topological polar surface area (TPSA) is 69.6 Å². The van der Waals surface area contributed by atoms with Crippen molar-refractivity contribution in [3.63, 3.8) is 0 Å². The first-order valence-corrected chi connectivity index (χ1v) is 5.77. The smallest absolute Gasteiger partial charge is 0.251 e. The number of carbonyl (C=O) groups is 2. The van der Waals surface area contributed by atoms with E-state index in [1.165, 1.54) is 23.1 Å². The van der Waals surface area contributed by atoms with Crippen molar-refractivity contribution in [3.8, 4) is 5.75 Å². The summed E-state index contributed by atoms with van der Waals surface area (Å²) in [5, 5.41) is 11.8. The molecule has 0 bridgehead atoms. The monoisotopic (exact) mass is 250 g/mol. The van der Waals surface area contributed by atoms with E-state index in [2.05, 4.69) is 5.32 Å². The maximum Gasteiger partial charge on any atom is 0.251 e. The third-order valence-corrected chi connectivity index (χ3v) is 2.75. The van der Waals surface area contributed by atoms with E-state index in [0.717, 1.165) is 0 Å². The quantitative estimate of drug-likeness (QED) is 0.834. The molecule has 0 spiro atoms. The zero-order chi connectivity index (χ0) is 13.7. The molecule has 2 amide bonds. The van der Waals surface area contributed by atoms with Gasteiger partial charge in [-0.1, -0.05) is 0 Å². The Labute approximate surface area is 106 Å². The molecule has 2 N–H and O–H groups in total. The normalized spacial score (nSPS) is 9.94. The molecule has 0 heterocycles. The van der Waals surface area contributed by atoms with Crippen LogP contribution in [0.4, 0.5) is 0 Å². The number of carbonyl (C=O) groups excluding carboxylic acids is 2. The highest BCUT2D eigenvalue weighted by Gasteiger charge is 2.12. The van der Waals surface area contributed by atoms with E-state index in [4.69, 9.17) is 0 Å². The molecule has 0 saturated carbocycles. The molecular formula is C13H18N2O3. The number of rotatable bonds is 4. The molecule has 0 aromatic heterocycles. The summed E-state index contributed by atoms with van der Waals surface area (Å²) < 4.78 is 0. The molecule has 1 aromatic rings. The molecule has 0 aliphatic rings. The summed E-state index contributed by atoms with van der Waals surface area (Å²) in [5.74, 6) is -0.335. The van der Waals surface area contributed by atoms with E-state index < -0.39 is 0 Å². The molecule has 0 aliphatic heterocycles. The van der Waals surface area contributed by atoms with Crippen LogP contribution >= 0.6 is 0 Å². The number of aromatic hydroxyl groups is 1. The molecule has 0 saturated heterocycles. The molecule has 5 nitrogen and oxygen atoms in total. The number of phenols is 1. The Bertz CT molecular complexity index is 458. The highest BCUT2D eigenvalue weighted by molar-refractivity contribution is 5.97. The molecule has 18 heavy (non-hydrogen) atoms. The average Bonchev–Trinajstić information content (AvgIpc) is 2.34. The maximum absolute atomic E-state index is 11.8. The van der Waals surface area contributed by atoms with Crippen LogP contribution in [0.5, 0.6) is 5.75 Å². The van der Waals surface area contributed by atoms with Crippen molar-refractivity contribution in [3.05, 3.63) is 29.3 Å². The fourth-order valence-corrected chi connectivity index (χ4v) is 1.47. The van der Waals surface area contributed by atoms with Crippen molar-refractivity contribution in [1.82, 2.24) is 10.2 Å². The number of hydrogen-bond donors (Lipinski definition) is 2. The molecule has 0 fully saturated rings. The van der Waals surface area contributed by atoms with Crippen LogP contribution in [-0.2, 0) is 4.79 Å². The van der Waals surface area contributed by atoms with E-state index in [1.54, 1.807) is 14.0 Å². The number of hydrogen-bond acceptors (Lipinski definition) is 3. The standard InChI is InChI=1S/C13H18N2O3/c1-4-15(3)12(17)8-14-13(18)11-6-5-10(16)7-9(11)2/h5-7,16H,4,8H2,1-3H3,(H,14,18). The minimum Gasteiger partial charge on any atom is -0.508 e. The number of aryl methyl sites for hydroxylation is 1. The van der Waals surface area contributed by atoms with Crippen LogP contribution < -0.4 is 5.32 Å². The first-order chi connectivity index (χ1) is 8.45. The molecule has 5 heteroatoms. The molecule has 1 rings (SSSR count). The Hall–Kier alpha value is -2.04. The third kappa shape index (κ3) is 3.48. The van der Waals surface area contributed by atoms with Crippen LogP contribution in [-0.4, -0.2) is 42.0 Å². The Morgan fingerprint density at radius 1 is 1.39 bits per heavy atom. The van der Waals surface area contributed by atoms with Crippen LogP contribution in [0.15, 0.2) is 18.2 Å². The number of nitrogens with zero attached hydrogens (tertiary/aromatic N) is 1. The van der Waals surface area contributed by atoms with Crippen LogP contribution in [0.25, 0.3) is 0 Å². The fourth-order valence-electron chi connectivity index (χ4n) is 1.47. The lowest BCUT2D eigenvalue weighted by atomic mass is 10.1. The van der Waals surface area contributed by atoms with Crippen LogP contribution in [0, 0.1) is 6.92 Å². The third-order valence-electron chi connectivity index (χ3n) is 2.75. The summed E-state index contributed by atoms with van der Waals surface area (Å²) in [6.07, 6.45) is 0. The predicted molar refractivity (Wildman–Crippen MR) is 68.5 cm³/mol. The lowest BCUT2D eigenvalue weighted by Gasteiger charge is -2.15. The zero-order valence-electron chi connectivity index (χ0n) is 10.9. The summed E-state index contributed by atoms with van der Waals surface area (Å²) in [7, 11) is 1.68. The van der Waals surface area contributed by atoms with Gasteiger partial charge < -0.3 is 15.3 Å². The number of phenolic OH excluding ortho intramolecular Hbond substituents is 1. The summed E-state index contributed by atoms with van der Waals surface area (Å²) in [5.41, 5.74) is 1.13. The molecular weight excluding hydrogens is 232 g/mol. The van der Waals surface area contributed by atoms with E-state index in [9.17, 15) is 14.7 Å². The summed E-state index contributed by atoms with van der Waals surface area (Å²) >= 11 is 0. The van der Waals surface area contributed by atoms with Gasteiger partial charge >= 0.3 is 0 Å². The van der Waals surface area contributed by atoms with Gasteiger partial charge in [-0.15, -0.1) is 0 Å². The summed E-state index contributed by atoms with van der Waals surface area (Å²) in [6.45, 7) is 4.18. The largest absolute Gasteiger partial charge is 0.508 e. The second-order valence-corrected chi connectivity index (χ2v) is 4.09. The van der Waals surface area contributed by atoms with Gasteiger partial charge in [0.05, 0.1) is 6.54 Å². The van der Waals surface area contributed by atoms with Gasteiger partial charge in [0.15, 0.2) is 0 Å². The number of benzene rings is 1. The molecule has 98 valence electrons. The van der Waals surface area contributed by atoms with Gasteiger partial charge in [0.1, 0.15) is 5.75 Å².